The van der Waals surface area contributed by atoms with Gasteiger partial charge in [-0.2, -0.15) is 5.10 Å². The Balaban J connectivity index is 1.66. The van der Waals surface area contributed by atoms with Crippen LogP contribution in [0.1, 0.15) is 10.4 Å². The number of benzene rings is 3. The summed E-state index contributed by atoms with van der Waals surface area (Å²) in [6.45, 7) is 0. The van der Waals surface area contributed by atoms with Gasteiger partial charge < -0.3 is 5.32 Å². The molecule has 0 bridgehead atoms. The van der Waals surface area contributed by atoms with E-state index in [9.17, 15) is 4.79 Å². The van der Waals surface area contributed by atoms with Gasteiger partial charge in [0.25, 0.3) is 5.91 Å². The average molecular weight is 364 g/mol. The van der Waals surface area contributed by atoms with Gasteiger partial charge in [0.15, 0.2) is 0 Å². The van der Waals surface area contributed by atoms with Crippen LogP contribution in [0.4, 0.5) is 5.69 Å². The van der Waals surface area contributed by atoms with Crippen LogP contribution in [0, 0.1) is 0 Å². The number of aromatic nitrogens is 3. The van der Waals surface area contributed by atoms with Crippen molar-refractivity contribution in [2.45, 2.75) is 0 Å². The van der Waals surface area contributed by atoms with Crippen LogP contribution in [0.15, 0.2) is 85.3 Å². The second kappa shape index (κ2) is 6.63. The Hall–Kier alpha value is -3.99. The number of carbonyl (C=O) groups is 1. The van der Waals surface area contributed by atoms with Gasteiger partial charge in [0.05, 0.1) is 17.3 Å². The van der Waals surface area contributed by atoms with E-state index in [0.29, 0.717) is 5.56 Å². The molecule has 0 fully saturated rings. The van der Waals surface area contributed by atoms with E-state index in [1.165, 1.54) is 0 Å². The Labute approximate surface area is 161 Å². The monoisotopic (exact) mass is 364 g/mol. The maximum absolute atomic E-state index is 13.0. The lowest BCUT2D eigenvalue weighted by Crippen LogP contribution is -2.12. The van der Waals surface area contributed by atoms with Crippen LogP contribution < -0.4 is 5.32 Å². The van der Waals surface area contributed by atoms with Crippen LogP contribution >= 0.6 is 0 Å². The quantitative estimate of drug-likeness (QED) is 0.472. The fourth-order valence-electron chi connectivity index (χ4n) is 3.49. The number of para-hydroxylation sites is 1. The van der Waals surface area contributed by atoms with E-state index in [4.69, 9.17) is 0 Å². The fourth-order valence-corrected chi connectivity index (χ4v) is 3.49. The second-order valence-electron chi connectivity index (χ2n) is 6.58. The summed E-state index contributed by atoms with van der Waals surface area (Å²) in [5.41, 5.74) is 4.04. The van der Waals surface area contributed by atoms with E-state index in [1.54, 1.807) is 12.4 Å². The van der Waals surface area contributed by atoms with Crippen LogP contribution in [0.2, 0.25) is 0 Å². The van der Waals surface area contributed by atoms with Gasteiger partial charge >= 0.3 is 0 Å². The summed E-state index contributed by atoms with van der Waals surface area (Å²) in [5.74, 6) is -0.177. The first kappa shape index (κ1) is 16.2. The van der Waals surface area contributed by atoms with E-state index in [1.807, 2.05) is 66.9 Å². The molecule has 28 heavy (non-hydrogen) atoms. The highest BCUT2D eigenvalue weighted by Crippen LogP contribution is 2.32. The largest absolute Gasteiger partial charge is 0.322 e. The van der Waals surface area contributed by atoms with Crippen molar-refractivity contribution >= 4 is 33.3 Å². The van der Waals surface area contributed by atoms with Crippen molar-refractivity contribution in [2.24, 2.45) is 0 Å². The Kier molecular flexibility index (Phi) is 3.84. The highest BCUT2D eigenvalue weighted by atomic mass is 16.1. The molecule has 0 unspecified atom stereocenters. The van der Waals surface area contributed by atoms with Crippen molar-refractivity contribution < 1.29 is 4.79 Å². The van der Waals surface area contributed by atoms with Crippen LogP contribution in [-0.2, 0) is 0 Å². The number of H-pyrrole nitrogens is 1. The highest BCUT2D eigenvalue weighted by Gasteiger charge is 2.15. The summed E-state index contributed by atoms with van der Waals surface area (Å²) in [5, 5.41) is 13.1. The van der Waals surface area contributed by atoms with Crippen LogP contribution in [0.25, 0.3) is 32.8 Å². The second-order valence-corrected chi connectivity index (χ2v) is 6.58. The van der Waals surface area contributed by atoms with Crippen molar-refractivity contribution in [1.29, 1.82) is 0 Å². The van der Waals surface area contributed by atoms with Crippen LogP contribution in [0.3, 0.4) is 0 Å². The molecule has 0 atom stereocenters. The van der Waals surface area contributed by atoms with E-state index in [0.717, 1.165) is 38.5 Å². The van der Waals surface area contributed by atoms with Crippen molar-refractivity contribution in [1.82, 2.24) is 15.2 Å². The minimum absolute atomic E-state index is 0.177. The summed E-state index contributed by atoms with van der Waals surface area (Å²) in [6.07, 6.45) is 5.37. The van der Waals surface area contributed by atoms with Gasteiger partial charge in [-0.15, -0.1) is 0 Å². The van der Waals surface area contributed by atoms with Gasteiger partial charge in [-0.1, -0.05) is 36.4 Å². The predicted octanol–water partition coefficient (Wildman–Crippen LogP) is 5.03. The maximum Gasteiger partial charge on any atom is 0.257 e. The summed E-state index contributed by atoms with van der Waals surface area (Å²) in [4.78, 5) is 17.2. The topological polar surface area (TPSA) is 70.7 Å². The van der Waals surface area contributed by atoms with Crippen molar-refractivity contribution in [3.63, 3.8) is 0 Å². The molecule has 5 heteroatoms. The normalized spacial score (nSPS) is 11.0. The minimum Gasteiger partial charge on any atom is -0.322 e. The SMILES string of the molecule is O=C(Nc1ccccc1)c1cc(-c2cccc3cnccc23)cc2cn[nH]c12. The van der Waals surface area contributed by atoms with E-state index >= 15 is 0 Å². The molecule has 1 amide bonds. The Bertz CT molecular complexity index is 1300. The first-order valence-electron chi connectivity index (χ1n) is 8.96. The number of nitrogens with one attached hydrogen (secondary N) is 2. The van der Waals surface area contributed by atoms with Crippen molar-refractivity contribution in [2.75, 3.05) is 5.32 Å². The first-order chi connectivity index (χ1) is 13.8. The molecule has 0 radical (unpaired) electrons. The zero-order valence-electron chi connectivity index (χ0n) is 14.9. The average Bonchev–Trinajstić information content (AvgIpc) is 3.22. The van der Waals surface area contributed by atoms with Gasteiger partial charge in [-0.25, -0.2) is 0 Å². The number of carbonyl (C=O) groups excluding carboxylic acids is 1. The molecular formula is C23H16N4O. The zero-order chi connectivity index (χ0) is 18.9. The molecule has 134 valence electrons. The summed E-state index contributed by atoms with van der Waals surface area (Å²) in [7, 11) is 0. The number of anilines is 1. The van der Waals surface area contributed by atoms with Crippen molar-refractivity contribution in [3.8, 4) is 11.1 Å². The number of nitrogens with zero attached hydrogens (tertiary/aromatic N) is 2. The van der Waals surface area contributed by atoms with Crippen molar-refractivity contribution in [3.05, 3.63) is 90.9 Å². The number of aromatic amines is 1. The molecule has 3 aromatic carbocycles. The van der Waals surface area contributed by atoms with E-state index in [2.05, 4.69) is 26.6 Å². The third-order valence-electron chi connectivity index (χ3n) is 4.82. The number of fused-ring (bicyclic) bond motifs is 2. The van der Waals surface area contributed by atoms with Gasteiger partial charge in [0.1, 0.15) is 0 Å². The first-order valence-corrected chi connectivity index (χ1v) is 8.96. The number of rotatable bonds is 3. The lowest BCUT2D eigenvalue weighted by atomic mass is 9.96. The van der Waals surface area contributed by atoms with Gasteiger partial charge in [0, 0.05) is 28.9 Å². The Morgan fingerprint density at radius 2 is 1.79 bits per heavy atom. The van der Waals surface area contributed by atoms with Gasteiger partial charge in [0.2, 0.25) is 0 Å². The molecule has 2 aromatic heterocycles. The fraction of sp³-hybridized carbons (Fsp3) is 0. The minimum atomic E-state index is -0.177. The molecule has 2 N–H and O–H groups in total. The Morgan fingerprint density at radius 1 is 0.893 bits per heavy atom. The lowest BCUT2D eigenvalue weighted by molar-refractivity contribution is 0.102. The molecule has 0 saturated heterocycles. The van der Waals surface area contributed by atoms with Gasteiger partial charge in [-0.05, 0) is 46.8 Å². The molecule has 5 aromatic rings. The summed E-state index contributed by atoms with van der Waals surface area (Å²) in [6, 6.07) is 21.5. The highest BCUT2D eigenvalue weighted by molar-refractivity contribution is 6.13. The van der Waals surface area contributed by atoms with Crippen LogP contribution in [0.5, 0.6) is 0 Å². The van der Waals surface area contributed by atoms with Gasteiger partial charge in [-0.3, -0.25) is 14.9 Å². The third-order valence-corrected chi connectivity index (χ3v) is 4.82. The predicted molar refractivity (Wildman–Crippen MR) is 111 cm³/mol. The standard InChI is InChI=1S/C23H16N4O/c28-23(26-18-6-2-1-3-7-18)21-12-16(11-17-14-25-27-22(17)21)19-8-4-5-15-13-24-10-9-20(15)19/h1-14H,(H,25,27)(H,26,28). The third kappa shape index (κ3) is 2.79. The molecule has 0 aliphatic rings. The zero-order valence-corrected chi connectivity index (χ0v) is 14.9. The lowest BCUT2D eigenvalue weighted by Gasteiger charge is -2.11. The number of amides is 1. The molecule has 5 nitrogen and oxygen atoms in total. The maximum atomic E-state index is 13.0. The number of pyridine rings is 1. The molecule has 0 aliphatic carbocycles. The molecule has 0 spiro atoms. The molecule has 0 aliphatic heterocycles. The van der Waals surface area contributed by atoms with E-state index < -0.39 is 0 Å². The number of hydrogen-bond donors (Lipinski definition) is 2. The summed E-state index contributed by atoms with van der Waals surface area (Å²) >= 11 is 0. The van der Waals surface area contributed by atoms with Crippen LogP contribution in [-0.4, -0.2) is 21.1 Å². The summed E-state index contributed by atoms with van der Waals surface area (Å²) < 4.78 is 0. The number of hydrogen-bond acceptors (Lipinski definition) is 3. The molecule has 5 rings (SSSR count). The smallest absolute Gasteiger partial charge is 0.257 e. The molecule has 0 saturated carbocycles. The molecular weight excluding hydrogens is 348 g/mol. The molecule has 2 heterocycles. The van der Waals surface area contributed by atoms with E-state index in [-0.39, 0.29) is 5.91 Å². The Morgan fingerprint density at radius 3 is 2.68 bits per heavy atom.